The molecule has 2 nitrogen and oxygen atoms in total. The number of rotatable bonds is 0. The zero-order chi connectivity index (χ0) is 8.97. The molecule has 0 saturated heterocycles. The highest BCUT2D eigenvalue weighted by atomic mass is 19.1. The summed E-state index contributed by atoms with van der Waals surface area (Å²) in [5, 5.41) is 0. The van der Waals surface area contributed by atoms with E-state index in [1.807, 2.05) is 0 Å². The predicted molar refractivity (Wildman–Crippen MR) is 44.9 cm³/mol. The van der Waals surface area contributed by atoms with E-state index in [1.54, 1.807) is 13.0 Å². The van der Waals surface area contributed by atoms with Crippen LogP contribution in [-0.4, -0.2) is 11.5 Å². The van der Waals surface area contributed by atoms with Crippen molar-refractivity contribution in [2.45, 2.75) is 6.92 Å². The first kappa shape index (κ1) is 8.69. The van der Waals surface area contributed by atoms with Crippen molar-refractivity contribution < 1.29 is 4.39 Å². The molecular weight excluding hydrogens is 155 g/mol. The fourth-order valence-corrected chi connectivity index (χ4v) is 0.809. The SMILES string of the molecule is Cc1nc(F)ccc1C#CCN. The Morgan fingerprint density at radius 2 is 2.33 bits per heavy atom. The summed E-state index contributed by atoms with van der Waals surface area (Å²) in [6.07, 6.45) is 0. The van der Waals surface area contributed by atoms with Gasteiger partial charge in [-0.1, -0.05) is 11.8 Å². The second-order valence-electron chi connectivity index (χ2n) is 2.27. The number of aromatic nitrogens is 1. The molecule has 0 unspecified atom stereocenters. The van der Waals surface area contributed by atoms with E-state index in [0.29, 0.717) is 12.2 Å². The fourth-order valence-electron chi connectivity index (χ4n) is 0.809. The third kappa shape index (κ3) is 2.04. The van der Waals surface area contributed by atoms with Crippen molar-refractivity contribution in [3.63, 3.8) is 0 Å². The van der Waals surface area contributed by atoms with Crippen LogP contribution < -0.4 is 5.73 Å². The molecule has 1 heterocycles. The third-order valence-corrected chi connectivity index (χ3v) is 1.38. The number of hydrogen-bond acceptors (Lipinski definition) is 2. The highest BCUT2D eigenvalue weighted by Crippen LogP contribution is 2.03. The zero-order valence-corrected chi connectivity index (χ0v) is 6.76. The van der Waals surface area contributed by atoms with E-state index in [4.69, 9.17) is 5.73 Å². The van der Waals surface area contributed by atoms with Gasteiger partial charge < -0.3 is 5.73 Å². The van der Waals surface area contributed by atoms with E-state index in [9.17, 15) is 4.39 Å². The maximum atomic E-state index is 12.5. The number of aryl methyl sites for hydroxylation is 1. The third-order valence-electron chi connectivity index (χ3n) is 1.38. The van der Waals surface area contributed by atoms with E-state index >= 15 is 0 Å². The Bertz CT molecular complexity index is 336. The van der Waals surface area contributed by atoms with Crippen molar-refractivity contribution in [3.8, 4) is 11.8 Å². The van der Waals surface area contributed by atoms with Gasteiger partial charge in [-0.3, -0.25) is 0 Å². The number of hydrogen-bond donors (Lipinski definition) is 1. The smallest absolute Gasteiger partial charge is 0.213 e. The van der Waals surface area contributed by atoms with E-state index in [1.165, 1.54) is 6.07 Å². The summed E-state index contributed by atoms with van der Waals surface area (Å²) in [4.78, 5) is 3.62. The van der Waals surface area contributed by atoms with Crippen molar-refractivity contribution in [2.24, 2.45) is 5.73 Å². The molecule has 0 aliphatic heterocycles. The molecule has 2 N–H and O–H groups in total. The van der Waals surface area contributed by atoms with Crippen molar-refractivity contribution in [3.05, 3.63) is 29.3 Å². The molecule has 0 aliphatic carbocycles. The van der Waals surface area contributed by atoms with Crippen LogP contribution in [0.15, 0.2) is 12.1 Å². The molecule has 0 aliphatic rings. The highest BCUT2D eigenvalue weighted by Gasteiger charge is 1.96. The molecule has 1 rings (SSSR count). The topological polar surface area (TPSA) is 38.9 Å². The molecule has 62 valence electrons. The molecule has 0 radical (unpaired) electrons. The Labute approximate surface area is 70.6 Å². The Kier molecular flexibility index (Phi) is 2.78. The van der Waals surface area contributed by atoms with Crippen LogP contribution in [-0.2, 0) is 0 Å². The molecule has 0 fully saturated rings. The van der Waals surface area contributed by atoms with Crippen LogP contribution in [0.1, 0.15) is 11.3 Å². The van der Waals surface area contributed by atoms with Gasteiger partial charge in [0.2, 0.25) is 5.95 Å². The lowest BCUT2D eigenvalue weighted by Gasteiger charge is -1.95. The van der Waals surface area contributed by atoms with E-state index in [2.05, 4.69) is 16.8 Å². The van der Waals surface area contributed by atoms with E-state index < -0.39 is 5.95 Å². The van der Waals surface area contributed by atoms with Crippen molar-refractivity contribution in [2.75, 3.05) is 6.54 Å². The van der Waals surface area contributed by atoms with Crippen LogP contribution >= 0.6 is 0 Å². The van der Waals surface area contributed by atoms with Crippen molar-refractivity contribution in [1.29, 1.82) is 0 Å². The van der Waals surface area contributed by atoms with Gasteiger partial charge in [0.25, 0.3) is 0 Å². The molecular formula is C9H9FN2. The molecule has 3 heteroatoms. The van der Waals surface area contributed by atoms with Gasteiger partial charge in [0.05, 0.1) is 12.2 Å². The fraction of sp³-hybridized carbons (Fsp3) is 0.222. The molecule has 12 heavy (non-hydrogen) atoms. The summed E-state index contributed by atoms with van der Waals surface area (Å²) < 4.78 is 12.5. The lowest BCUT2D eigenvalue weighted by molar-refractivity contribution is 0.579. The highest BCUT2D eigenvalue weighted by molar-refractivity contribution is 5.37. The second kappa shape index (κ2) is 3.84. The summed E-state index contributed by atoms with van der Waals surface area (Å²) in [6.45, 7) is 2.01. The van der Waals surface area contributed by atoms with Crippen LogP contribution in [0.3, 0.4) is 0 Å². The minimum atomic E-state index is -0.481. The van der Waals surface area contributed by atoms with Crippen molar-refractivity contribution >= 4 is 0 Å². The molecule has 1 aromatic rings. The van der Waals surface area contributed by atoms with Crippen LogP contribution in [0, 0.1) is 24.7 Å². The van der Waals surface area contributed by atoms with E-state index in [-0.39, 0.29) is 0 Å². The lowest BCUT2D eigenvalue weighted by atomic mass is 10.2. The summed E-state index contributed by atoms with van der Waals surface area (Å²) in [5.74, 6) is 5.00. The number of pyridine rings is 1. The summed E-state index contributed by atoms with van der Waals surface area (Å²) in [6, 6.07) is 2.88. The molecule has 1 aromatic heterocycles. The van der Waals surface area contributed by atoms with Gasteiger partial charge >= 0.3 is 0 Å². The molecule has 0 atom stereocenters. The average molecular weight is 164 g/mol. The molecule has 0 amide bonds. The van der Waals surface area contributed by atoms with Gasteiger partial charge in [-0.05, 0) is 19.1 Å². The first-order valence-corrected chi connectivity index (χ1v) is 3.56. The van der Waals surface area contributed by atoms with Crippen LogP contribution in [0.2, 0.25) is 0 Å². The summed E-state index contributed by atoms with van der Waals surface area (Å²) in [7, 11) is 0. The largest absolute Gasteiger partial charge is 0.320 e. The summed E-state index contributed by atoms with van der Waals surface area (Å²) >= 11 is 0. The number of nitrogens with zero attached hydrogens (tertiary/aromatic N) is 1. The van der Waals surface area contributed by atoms with Crippen LogP contribution in [0.5, 0.6) is 0 Å². The Hall–Kier alpha value is -1.40. The predicted octanol–water partition coefficient (Wildman–Crippen LogP) is 0.839. The molecule has 0 spiro atoms. The van der Waals surface area contributed by atoms with Gasteiger partial charge in [0.1, 0.15) is 0 Å². The maximum Gasteiger partial charge on any atom is 0.213 e. The van der Waals surface area contributed by atoms with Gasteiger partial charge in [0.15, 0.2) is 0 Å². The first-order chi connectivity index (χ1) is 5.74. The van der Waals surface area contributed by atoms with Gasteiger partial charge in [0, 0.05) is 5.56 Å². The van der Waals surface area contributed by atoms with E-state index in [0.717, 1.165) is 5.56 Å². The number of nitrogens with two attached hydrogens (primary N) is 1. The zero-order valence-electron chi connectivity index (χ0n) is 6.76. The average Bonchev–Trinajstić information content (AvgIpc) is 2.03. The molecule has 0 bridgehead atoms. The second-order valence-corrected chi connectivity index (χ2v) is 2.27. The monoisotopic (exact) mass is 164 g/mol. The van der Waals surface area contributed by atoms with Crippen molar-refractivity contribution in [1.82, 2.24) is 4.98 Å². The Morgan fingerprint density at radius 3 is 2.92 bits per heavy atom. The molecule has 0 saturated carbocycles. The quantitative estimate of drug-likeness (QED) is 0.456. The first-order valence-electron chi connectivity index (χ1n) is 3.56. The summed E-state index contributed by atoms with van der Waals surface area (Å²) in [5.41, 5.74) is 6.51. The standard InChI is InChI=1S/C9H9FN2/c1-7-8(3-2-6-11)4-5-9(10)12-7/h4-5H,6,11H2,1H3. The Morgan fingerprint density at radius 1 is 1.58 bits per heavy atom. The Balaban J connectivity index is 3.01. The van der Waals surface area contributed by atoms with Crippen LogP contribution in [0.4, 0.5) is 4.39 Å². The lowest BCUT2D eigenvalue weighted by Crippen LogP contribution is -1.95. The van der Waals surface area contributed by atoms with Gasteiger partial charge in [-0.25, -0.2) is 4.98 Å². The minimum Gasteiger partial charge on any atom is -0.320 e. The minimum absolute atomic E-state index is 0.302. The van der Waals surface area contributed by atoms with Gasteiger partial charge in [-0.15, -0.1) is 0 Å². The molecule has 0 aromatic carbocycles. The normalized spacial score (nSPS) is 8.92. The van der Waals surface area contributed by atoms with Gasteiger partial charge in [-0.2, -0.15) is 4.39 Å². The number of halogens is 1. The maximum absolute atomic E-state index is 12.5. The van der Waals surface area contributed by atoms with Crippen LogP contribution in [0.25, 0.3) is 0 Å².